The number of carbonyl (C=O) groups excluding carboxylic acids is 1. The van der Waals surface area contributed by atoms with Gasteiger partial charge in [0.2, 0.25) is 0 Å². The Balaban J connectivity index is 1.46. The van der Waals surface area contributed by atoms with E-state index in [1.54, 1.807) is 6.07 Å². The molecule has 26 heavy (non-hydrogen) atoms. The fraction of sp³-hybridized carbons (Fsp3) is 0.182. The molecule has 1 aliphatic rings. The Kier molecular flexibility index (Phi) is 4.65. The summed E-state index contributed by atoms with van der Waals surface area (Å²) in [7, 11) is 0. The topological polar surface area (TPSA) is 45.2 Å². The number of aromatic nitrogens is 1. The molecule has 1 amide bonds. The van der Waals surface area contributed by atoms with Crippen LogP contribution in [0.4, 0.5) is 5.82 Å². The molecule has 130 valence electrons. The first-order valence-corrected chi connectivity index (χ1v) is 8.90. The Bertz CT molecular complexity index is 908. The van der Waals surface area contributed by atoms with Gasteiger partial charge >= 0.3 is 0 Å². The summed E-state index contributed by atoms with van der Waals surface area (Å²) < 4.78 is 0. The Morgan fingerprint density at radius 2 is 1.69 bits per heavy atom. The van der Waals surface area contributed by atoms with E-state index in [9.17, 15) is 4.79 Å². The van der Waals surface area contributed by atoms with Crippen molar-refractivity contribution in [3.8, 4) is 0 Å². The molecule has 0 bridgehead atoms. The van der Waals surface area contributed by atoms with E-state index in [0.29, 0.717) is 12.2 Å². The van der Waals surface area contributed by atoms with E-state index in [0.717, 1.165) is 30.9 Å². The minimum atomic E-state index is -0.145. The molecule has 0 spiro atoms. The van der Waals surface area contributed by atoms with Gasteiger partial charge in [-0.3, -0.25) is 4.79 Å². The number of pyridine rings is 1. The molecule has 2 aromatic carbocycles. The highest BCUT2D eigenvalue weighted by molar-refractivity contribution is 5.92. The molecule has 4 rings (SSSR count). The minimum absolute atomic E-state index is 0.145. The third kappa shape index (κ3) is 3.59. The molecular weight excluding hydrogens is 322 g/mol. The summed E-state index contributed by atoms with van der Waals surface area (Å²) >= 11 is 0. The number of fused-ring (bicyclic) bond motifs is 1. The van der Waals surface area contributed by atoms with Crippen LogP contribution >= 0.6 is 0 Å². The Morgan fingerprint density at radius 1 is 0.923 bits per heavy atom. The standard InChI is InChI=1S/C22H21N3O/c26-22(23-15-17-7-2-1-3-8-17)20-11-6-12-21(24-20)25-14-13-18-9-4-5-10-19(18)16-25/h1-12H,13-16H2,(H,23,26). The summed E-state index contributed by atoms with van der Waals surface area (Å²) in [6.45, 7) is 2.25. The van der Waals surface area contributed by atoms with E-state index in [-0.39, 0.29) is 5.91 Å². The zero-order valence-electron chi connectivity index (χ0n) is 14.6. The zero-order chi connectivity index (χ0) is 17.8. The lowest BCUT2D eigenvalue weighted by Crippen LogP contribution is -2.31. The van der Waals surface area contributed by atoms with E-state index in [1.807, 2.05) is 42.5 Å². The van der Waals surface area contributed by atoms with Crippen LogP contribution in [0.25, 0.3) is 0 Å². The van der Waals surface area contributed by atoms with Gasteiger partial charge in [0.15, 0.2) is 0 Å². The molecule has 0 saturated heterocycles. The van der Waals surface area contributed by atoms with Crippen LogP contribution in [0.3, 0.4) is 0 Å². The molecule has 4 heteroatoms. The van der Waals surface area contributed by atoms with Crippen LogP contribution in [0.5, 0.6) is 0 Å². The smallest absolute Gasteiger partial charge is 0.270 e. The van der Waals surface area contributed by atoms with Crippen molar-refractivity contribution in [1.29, 1.82) is 0 Å². The largest absolute Gasteiger partial charge is 0.352 e. The summed E-state index contributed by atoms with van der Waals surface area (Å²) in [6.07, 6.45) is 1.00. The Hall–Kier alpha value is -3.14. The fourth-order valence-electron chi connectivity index (χ4n) is 3.29. The first kappa shape index (κ1) is 16.3. The van der Waals surface area contributed by atoms with Crippen LogP contribution in [0, 0.1) is 0 Å². The number of hydrogen-bond acceptors (Lipinski definition) is 3. The first-order chi connectivity index (χ1) is 12.8. The average molecular weight is 343 g/mol. The Labute approximate surface area is 153 Å². The van der Waals surface area contributed by atoms with Gasteiger partial charge in [0.25, 0.3) is 5.91 Å². The van der Waals surface area contributed by atoms with Gasteiger partial charge < -0.3 is 10.2 Å². The van der Waals surface area contributed by atoms with Crippen LogP contribution < -0.4 is 10.2 Å². The predicted octanol–water partition coefficient (Wildman–Crippen LogP) is 3.57. The fourth-order valence-corrected chi connectivity index (χ4v) is 3.29. The lowest BCUT2D eigenvalue weighted by molar-refractivity contribution is 0.0946. The van der Waals surface area contributed by atoms with Crippen molar-refractivity contribution in [3.05, 3.63) is 95.2 Å². The lowest BCUT2D eigenvalue weighted by Gasteiger charge is -2.29. The highest BCUT2D eigenvalue weighted by Crippen LogP contribution is 2.23. The molecular formula is C22H21N3O. The molecule has 1 N–H and O–H groups in total. The van der Waals surface area contributed by atoms with Crippen molar-refractivity contribution in [3.63, 3.8) is 0 Å². The van der Waals surface area contributed by atoms with Crippen LogP contribution in [0.2, 0.25) is 0 Å². The molecule has 0 fully saturated rings. The summed E-state index contributed by atoms with van der Waals surface area (Å²) in [5, 5.41) is 2.94. The van der Waals surface area contributed by atoms with E-state index in [1.165, 1.54) is 11.1 Å². The van der Waals surface area contributed by atoms with E-state index in [2.05, 4.69) is 39.5 Å². The van der Waals surface area contributed by atoms with Crippen LogP contribution in [-0.2, 0) is 19.5 Å². The number of rotatable bonds is 4. The van der Waals surface area contributed by atoms with Gasteiger partial charge in [-0.25, -0.2) is 4.98 Å². The summed E-state index contributed by atoms with van der Waals surface area (Å²) in [6, 6.07) is 24.0. The van der Waals surface area contributed by atoms with E-state index in [4.69, 9.17) is 0 Å². The second kappa shape index (κ2) is 7.40. The molecule has 1 aliphatic heterocycles. The van der Waals surface area contributed by atoms with E-state index < -0.39 is 0 Å². The number of hydrogen-bond donors (Lipinski definition) is 1. The lowest BCUT2D eigenvalue weighted by atomic mass is 10.00. The SMILES string of the molecule is O=C(NCc1ccccc1)c1cccc(N2CCc3ccccc3C2)n1. The minimum Gasteiger partial charge on any atom is -0.352 e. The summed E-state index contributed by atoms with van der Waals surface area (Å²) in [4.78, 5) is 19.3. The van der Waals surface area contributed by atoms with Gasteiger partial charge in [-0.15, -0.1) is 0 Å². The van der Waals surface area contributed by atoms with Crippen LogP contribution in [0.15, 0.2) is 72.8 Å². The summed E-state index contributed by atoms with van der Waals surface area (Å²) in [5.41, 5.74) is 4.27. The third-order valence-electron chi connectivity index (χ3n) is 4.72. The highest BCUT2D eigenvalue weighted by atomic mass is 16.1. The van der Waals surface area contributed by atoms with Gasteiger partial charge in [0.05, 0.1) is 0 Å². The average Bonchev–Trinajstić information content (AvgIpc) is 2.72. The van der Waals surface area contributed by atoms with Crippen molar-refractivity contribution >= 4 is 11.7 Å². The summed E-state index contributed by atoms with van der Waals surface area (Å²) in [5.74, 6) is 0.708. The maximum atomic E-state index is 12.5. The number of amides is 1. The molecule has 2 heterocycles. The van der Waals surface area contributed by atoms with Crippen molar-refractivity contribution in [2.45, 2.75) is 19.5 Å². The van der Waals surface area contributed by atoms with Gasteiger partial charge in [0.1, 0.15) is 11.5 Å². The van der Waals surface area contributed by atoms with Gasteiger partial charge in [-0.2, -0.15) is 0 Å². The second-order valence-electron chi connectivity index (χ2n) is 6.49. The van der Waals surface area contributed by atoms with Crippen molar-refractivity contribution < 1.29 is 4.79 Å². The number of carbonyl (C=O) groups is 1. The van der Waals surface area contributed by atoms with Gasteiger partial charge in [0, 0.05) is 19.6 Å². The van der Waals surface area contributed by atoms with Crippen LogP contribution in [-0.4, -0.2) is 17.4 Å². The number of nitrogens with one attached hydrogen (secondary N) is 1. The highest BCUT2D eigenvalue weighted by Gasteiger charge is 2.18. The third-order valence-corrected chi connectivity index (χ3v) is 4.72. The van der Waals surface area contributed by atoms with Crippen molar-refractivity contribution in [1.82, 2.24) is 10.3 Å². The Morgan fingerprint density at radius 3 is 2.54 bits per heavy atom. The van der Waals surface area contributed by atoms with E-state index >= 15 is 0 Å². The number of nitrogens with zero attached hydrogens (tertiary/aromatic N) is 2. The zero-order valence-corrected chi connectivity index (χ0v) is 14.6. The van der Waals surface area contributed by atoms with Gasteiger partial charge in [-0.1, -0.05) is 60.7 Å². The molecule has 0 saturated carbocycles. The molecule has 0 unspecified atom stereocenters. The number of anilines is 1. The maximum absolute atomic E-state index is 12.5. The number of benzene rings is 2. The van der Waals surface area contributed by atoms with Gasteiger partial charge in [-0.05, 0) is 35.2 Å². The molecule has 4 nitrogen and oxygen atoms in total. The normalized spacial score (nSPS) is 13.2. The quantitative estimate of drug-likeness (QED) is 0.788. The first-order valence-electron chi connectivity index (χ1n) is 8.90. The van der Waals surface area contributed by atoms with Crippen LogP contribution in [0.1, 0.15) is 27.2 Å². The van der Waals surface area contributed by atoms with Crippen molar-refractivity contribution in [2.75, 3.05) is 11.4 Å². The maximum Gasteiger partial charge on any atom is 0.270 e. The molecule has 0 atom stereocenters. The molecule has 1 aromatic heterocycles. The predicted molar refractivity (Wildman–Crippen MR) is 103 cm³/mol. The molecule has 0 aliphatic carbocycles. The molecule has 3 aromatic rings. The monoisotopic (exact) mass is 343 g/mol. The second-order valence-corrected chi connectivity index (χ2v) is 6.49. The van der Waals surface area contributed by atoms with Crippen molar-refractivity contribution in [2.24, 2.45) is 0 Å². The molecule has 0 radical (unpaired) electrons.